The number of aliphatic hydroxyl groups excluding tert-OH is 1. The maximum absolute atomic E-state index is 9.30. The zero-order valence-corrected chi connectivity index (χ0v) is 12.8. The molecule has 0 aromatic heterocycles. The fourth-order valence-corrected chi connectivity index (χ4v) is 3.00. The third-order valence-electron chi connectivity index (χ3n) is 3.98. The van der Waals surface area contributed by atoms with E-state index in [0.29, 0.717) is 6.04 Å². The first-order chi connectivity index (χ1) is 9.63. The van der Waals surface area contributed by atoms with Crippen molar-refractivity contribution in [3.05, 3.63) is 29.3 Å². The molecule has 1 unspecified atom stereocenters. The average Bonchev–Trinajstić information content (AvgIpc) is 2.85. The molecule has 1 N–H and O–H groups in total. The molecule has 1 aliphatic heterocycles. The molecule has 2 rings (SSSR count). The predicted molar refractivity (Wildman–Crippen MR) is 80.9 cm³/mol. The van der Waals surface area contributed by atoms with Crippen molar-refractivity contribution in [1.29, 1.82) is 0 Å². The molecule has 1 saturated heterocycles. The van der Waals surface area contributed by atoms with Crippen LogP contribution in [0.15, 0.2) is 18.2 Å². The van der Waals surface area contributed by atoms with E-state index in [1.165, 1.54) is 18.4 Å². The van der Waals surface area contributed by atoms with Crippen LogP contribution in [0.25, 0.3) is 0 Å². The molecule has 4 nitrogen and oxygen atoms in total. The molecule has 0 bridgehead atoms. The van der Waals surface area contributed by atoms with Crippen LogP contribution in [-0.4, -0.2) is 55.2 Å². The van der Waals surface area contributed by atoms with Gasteiger partial charge in [0.1, 0.15) is 5.75 Å². The Morgan fingerprint density at radius 3 is 2.85 bits per heavy atom. The van der Waals surface area contributed by atoms with Gasteiger partial charge in [-0.3, -0.25) is 4.90 Å². The van der Waals surface area contributed by atoms with Crippen LogP contribution >= 0.6 is 0 Å². The third-order valence-corrected chi connectivity index (χ3v) is 3.98. The number of likely N-dealkylation sites (N-methyl/N-ethyl adjacent to an activating group) is 1. The molecule has 0 aliphatic carbocycles. The Bertz CT molecular complexity index is 434. The van der Waals surface area contributed by atoms with E-state index in [2.05, 4.69) is 30.0 Å². The highest BCUT2D eigenvalue weighted by molar-refractivity contribution is 5.37. The molecule has 1 aromatic rings. The van der Waals surface area contributed by atoms with E-state index in [0.717, 1.165) is 30.9 Å². The summed E-state index contributed by atoms with van der Waals surface area (Å²) < 4.78 is 5.45. The Morgan fingerprint density at radius 1 is 1.40 bits per heavy atom. The summed E-state index contributed by atoms with van der Waals surface area (Å²) in [5, 5.41) is 9.30. The highest BCUT2D eigenvalue weighted by Gasteiger charge is 2.25. The molecule has 0 spiro atoms. The molecule has 112 valence electrons. The highest BCUT2D eigenvalue weighted by atomic mass is 16.5. The molecular formula is C16H26N2O2. The number of hydrogen-bond donors (Lipinski definition) is 1. The van der Waals surface area contributed by atoms with E-state index in [1.807, 2.05) is 12.1 Å². The molecule has 1 atom stereocenters. The molecule has 0 saturated carbocycles. The quantitative estimate of drug-likeness (QED) is 0.859. The van der Waals surface area contributed by atoms with E-state index in [1.54, 1.807) is 7.11 Å². The van der Waals surface area contributed by atoms with E-state index in [-0.39, 0.29) is 6.61 Å². The number of aliphatic hydroxyl groups is 1. The van der Waals surface area contributed by atoms with E-state index >= 15 is 0 Å². The summed E-state index contributed by atoms with van der Waals surface area (Å²) in [5.74, 6) is 0.915. The number of hydrogen-bond acceptors (Lipinski definition) is 4. The first-order valence-corrected chi connectivity index (χ1v) is 7.29. The van der Waals surface area contributed by atoms with E-state index in [9.17, 15) is 5.11 Å². The fraction of sp³-hybridized carbons (Fsp3) is 0.625. The zero-order chi connectivity index (χ0) is 14.5. The van der Waals surface area contributed by atoms with Crippen LogP contribution in [0.4, 0.5) is 0 Å². The van der Waals surface area contributed by atoms with Crippen molar-refractivity contribution in [3.63, 3.8) is 0 Å². The second-order valence-electron chi connectivity index (χ2n) is 5.83. The van der Waals surface area contributed by atoms with Crippen molar-refractivity contribution in [2.24, 2.45) is 0 Å². The Morgan fingerprint density at radius 2 is 2.20 bits per heavy atom. The minimum atomic E-state index is 0.0815. The molecular weight excluding hydrogens is 252 g/mol. The van der Waals surface area contributed by atoms with Crippen LogP contribution in [-0.2, 0) is 13.2 Å². The van der Waals surface area contributed by atoms with Gasteiger partial charge < -0.3 is 14.7 Å². The van der Waals surface area contributed by atoms with Crippen LogP contribution in [0.3, 0.4) is 0 Å². The Kier molecular flexibility index (Phi) is 5.40. The second-order valence-corrected chi connectivity index (χ2v) is 5.83. The summed E-state index contributed by atoms with van der Waals surface area (Å²) in [5.41, 5.74) is 2.12. The van der Waals surface area contributed by atoms with Gasteiger partial charge in [-0.2, -0.15) is 0 Å². The largest absolute Gasteiger partial charge is 0.496 e. The second kappa shape index (κ2) is 7.07. The Balaban J connectivity index is 2.11. The minimum absolute atomic E-state index is 0.0815. The van der Waals surface area contributed by atoms with Gasteiger partial charge in [-0.15, -0.1) is 0 Å². The standard InChI is InChI=1S/C16H26N2O2/c1-17(2)11-15-5-4-8-18(15)10-14-9-13(12-19)6-7-16(14)20-3/h6-7,9,15,19H,4-5,8,10-12H2,1-3H3. The SMILES string of the molecule is COc1ccc(CO)cc1CN1CCCC1CN(C)C. The molecule has 1 aromatic carbocycles. The maximum atomic E-state index is 9.30. The van der Waals surface area contributed by atoms with Crippen molar-refractivity contribution in [3.8, 4) is 5.75 Å². The smallest absolute Gasteiger partial charge is 0.123 e. The lowest BCUT2D eigenvalue weighted by atomic mass is 10.1. The lowest BCUT2D eigenvalue weighted by Gasteiger charge is -2.27. The number of likely N-dealkylation sites (tertiary alicyclic amines) is 1. The van der Waals surface area contributed by atoms with Crippen molar-refractivity contribution >= 4 is 0 Å². The van der Waals surface area contributed by atoms with E-state index in [4.69, 9.17) is 4.74 Å². The van der Waals surface area contributed by atoms with Crippen molar-refractivity contribution in [1.82, 2.24) is 9.80 Å². The summed E-state index contributed by atoms with van der Waals surface area (Å²) in [7, 11) is 5.96. The van der Waals surface area contributed by atoms with Crippen LogP contribution in [0, 0.1) is 0 Å². The van der Waals surface area contributed by atoms with Crippen molar-refractivity contribution in [2.45, 2.75) is 32.0 Å². The van der Waals surface area contributed by atoms with Gasteiger partial charge in [0.05, 0.1) is 13.7 Å². The Labute approximate surface area is 122 Å². The molecule has 20 heavy (non-hydrogen) atoms. The van der Waals surface area contributed by atoms with Crippen molar-refractivity contribution < 1.29 is 9.84 Å². The topological polar surface area (TPSA) is 35.9 Å². The monoisotopic (exact) mass is 278 g/mol. The van der Waals surface area contributed by atoms with Crippen LogP contribution < -0.4 is 4.74 Å². The first kappa shape index (κ1) is 15.3. The molecule has 4 heteroatoms. The summed E-state index contributed by atoms with van der Waals surface area (Å²) in [6, 6.07) is 6.55. The first-order valence-electron chi connectivity index (χ1n) is 7.29. The molecule has 1 aliphatic rings. The zero-order valence-electron chi connectivity index (χ0n) is 12.8. The molecule has 1 fully saturated rings. The van der Waals surface area contributed by atoms with Gasteiger partial charge in [0.2, 0.25) is 0 Å². The lowest BCUT2D eigenvalue weighted by Crippen LogP contribution is -2.37. The maximum Gasteiger partial charge on any atom is 0.123 e. The van der Waals surface area contributed by atoms with Gasteiger partial charge in [-0.1, -0.05) is 6.07 Å². The van der Waals surface area contributed by atoms with Crippen LogP contribution in [0.2, 0.25) is 0 Å². The normalized spacial score (nSPS) is 19.8. The predicted octanol–water partition coefficient (Wildman–Crippen LogP) is 1.71. The minimum Gasteiger partial charge on any atom is -0.496 e. The number of nitrogens with zero attached hydrogens (tertiary/aromatic N) is 2. The van der Waals surface area contributed by atoms with Gasteiger partial charge in [-0.25, -0.2) is 0 Å². The number of methoxy groups -OCH3 is 1. The van der Waals surface area contributed by atoms with E-state index < -0.39 is 0 Å². The van der Waals surface area contributed by atoms with Gasteiger partial charge in [0.25, 0.3) is 0 Å². The summed E-state index contributed by atoms with van der Waals surface area (Å²) in [4.78, 5) is 4.78. The Hall–Kier alpha value is -1.10. The summed E-state index contributed by atoms with van der Waals surface area (Å²) in [6.45, 7) is 3.22. The van der Waals surface area contributed by atoms with Gasteiger partial charge in [0.15, 0.2) is 0 Å². The average molecular weight is 278 g/mol. The number of rotatable bonds is 6. The number of ether oxygens (including phenoxy) is 1. The fourth-order valence-electron chi connectivity index (χ4n) is 3.00. The van der Waals surface area contributed by atoms with Gasteiger partial charge in [-0.05, 0) is 51.2 Å². The van der Waals surface area contributed by atoms with Gasteiger partial charge >= 0.3 is 0 Å². The van der Waals surface area contributed by atoms with Crippen LogP contribution in [0.1, 0.15) is 24.0 Å². The lowest BCUT2D eigenvalue weighted by molar-refractivity contribution is 0.199. The number of benzene rings is 1. The molecule has 0 radical (unpaired) electrons. The van der Waals surface area contributed by atoms with Crippen molar-refractivity contribution in [2.75, 3.05) is 34.3 Å². The summed E-state index contributed by atoms with van der Waals surface area (Å²) >= 11 is 0. The molecule has 0 amide bonds. The molecule has 1 heterocycles. The highest BCUT2D eigenvalue weighted by Crippen LogP contribution is 2.26. The summed E-state index contributed by atoms with van der Waals surface area (Å²) in [6.07, 6.45) is 2.53. The van der Waals surface area contributed by atoms with Gasteiger partial charge in [0, 0.05) is 24.7 Å². The third kappa shape index (κ3) is 3.72. The van der Waals surface area contributed by atoms with Crippen LogP contribution in [0.5, 0.6) is 5.75 Å².